The first-order valence-corrected chi connectivity index (χ1v) is 5.89. The number of halogens is 2. The first-order chi connectivity index (χ1) is 7.76. The lowest BCUT2D eigenvalue weighted by Crippen LogP contribution is -2.15. The molecule has 0 saturated carbocycles. The van der Waals surface area contributed by atoms with E-state index in [9.17, 15) is 13.9 Å². The van der Waals surface area contributed by atoms with E-state index in [2.05, 4.69) is 20.8 Å². The van der Waals surface area contributed by atoms with E-state index in [1.807, 2.05) is 0 Å². The van der Waals surface area contributed by atoms with E-state index in [1.165, 1.54) is 12.1 Å². The number of hydrogen-bond acceptors (Lipinski definition) is 1. The summed E-state index contributed by atoms with van der Waals surface area (Å²) in [5.41, 5.74) is 0.665. The molecule has 3 heteroatoms. The minimum absolute atomic E-state index is 0.161. The van der Waals surface area contributed by atoms with Crippen LogP contribution in [0.4, 0.5) is 8.78 Å². The van der Waals surface area contributed by atoms with Gasteiger partial charge in [0.2, 0.25) is 0 Å². The van der Waals surface area contributed by atoms with Crippen LogP contribution in [0.15, 0.2) is 18.2 Å². The van der Waals surface area contributed by atoms with E-state index >= 15 is 0 Å². The smallest absolute Gasteiger partial charge is 0.126 e. The Bertz CT molecular complexity index is 349. The topological polar surface area (TPSA) is 20.2 Å². The monoisotopic (exact) mass is 242 g/mol. The normalized spacial score (nSPS) is 13.8. The highest BCUT2D eigenvalue weighted by Gasteiger charge is 2.14. The van der Waals surface area contributed by atoms with Crippen LogP contribution in [-0.4, -0.2) is 11.2 Å². The highest BCUT2D eigenvalue weighted by Crippen LogP contribution is 2.22. The van der Waals surface area contributed by atoms with E-state index in [0.29, 0.717) is 18.4 Å². The molecule has 0 aliphatic carbocycles. The molecule has 1 N–H and O–H groups in total. The molecule has 0 aliphatic rings. The van der Waals surface area contributed by atoms with Crippen molar-refractivity contribution in [2.24, 2.45) is 5.41 Å². The minimum Gasteiger partial charge on any atom is -0.393 e. The van der Waals surface area contributed by atoms with Crippen molar-refractivity contribution in [1.82, 2.24) is 0 Å². The fourth-order valence-corrected chi connectivity index (χ4v) is 1.70. The number of aliphatic hydroxyl groups excluding tert-OH is 1. The average molecular weight is 242 g/mol. The third-order valence-corrected chi connectivity index (χ3v) is 2.62. The largest absolute Gasteiger partial charge is 0.393 e. The second-order valence-electron chi connectivity index (χ2n) is 5.73. The first-order valence-electron chi connectivity index (χ1n) is 5.89. The van der Waals surface area contributed by atoms with Gasteiger partial charge in [0.05, 0.1) is 6.10 Å². The van der Waals surface area contributed by atoms with Gasteiger partial charge in [-0.25, -0.2) is 8.78 Å². The van der Waals surface area contributed by atoms with Gasteiger partial charge >= 0.3 is 0 Å². The maximum Gasteiger partial charge on any atom is 0.126 e. The molecule has 0 amide bonds. The molecule has 0 radical (unpaired) electrons. The van der Waals surface area contributed by atoms with E-state index in [1.54, 1.807) is 0 Å². The van der Waals surface area contributed by atoms with Crippen LogP contribution in [0.3, 0.4) is 0 Å². The molecule has 96 valence electrons. The molecular weight excluding hydrogens is 222 g/mol. The van der Waals surface area contributed by atoms with Crippen LogP contribution < -0.4 is 0 Å². The van der Waals surface area contributed by atoms with Crippen LogP contribution in [0.1, 0.15) is 39.2 Å². The Morgan fingerprint density at radius 3 is 2.12 bits per heavy atom. The van der Waals surface area contributed by atoms with Crippen LogP contribution in [0.2, 0.25) is 0 Å². The molecule has 0 saturated heterocycles. The number of rotatable bonds is 4. The predicted molar refractivity (Wildman–Crippen MR) is 64.8 cm³/mol. The first kappa shape index (κ1) is 14.1. The lowest BCUT2D eigenvalue weighted by Gasteiger charge is -2.20. The highest BCUT2D eigenvalue weighted by atomic mass is 19.1. The van der Waals surface area contributed by atoms with Crippen LogP contribution >= 0.6 is 0 Å². The van der Waals surface area contributed by atoms with Crippen molar-refractivity contribution in [3.05, 3.63) is 35.4 Å². The standard InChI is InChI=1S/C14H20F2O/c1-14(2,3)5-4-13(17)8-10-6-11(15)9-12(16)7-10/h6-7,9,13,17H,4-5,8H2,1-3H3. The summed E-state index contributed by atoms with van der Waals surface area (Å²) in [6, 6.07) is 3.37. The van der Waals surface area contributed by atoms with Gasteiger partial charge in [0.15, 0.2) is 0 Å². The maximum atomic E-state index is 12.9. The van der Waals surface area contributed by atoms with Crippen molar-refractivity contribution in [3.8, 4) is 0 Å². The fourth-order valence-electron chi connectivity index (χ4n) is 1.70. The third-order valence-electron chi connectivity index (χ3n) is 2.62. The van der Waals surface area contributed by atoms with Crippen molar-refractivity contribution < 1.29 is 13.9 Å². The summed E-state index contributed by atoms with van der Waals surface area (Å²) in [4.78, 5) is 0. The second kappa shape index (κ2) is 5.58. The third kappa shape index (κ3) is 5.78. The van der Waals surface area contributed by atoms with Gasteiger partial charge in [-0.1, -0.05) is 20.8 Å². The summed E-state index contributed by atoms with van der Waals surface area (Å²) < 4.78 is 25.9. The zero-order valence-electron chi connectivity index (χ0n) is 10.6. The lowest BCUT2D eigenvalue weighted by atomic mass is 9.88. The van der Waals surface area contributed by atoms with Gasteiger partial charge in [0, 0.05) is 6.07 Å². The summed E-state index contributed by atoms with van der Waals surface area (Å²) in [7, 11) is 0. The maximum absolute atomic E-state index is 12.9. The van der Waals surface area contributed by atoms with E-state index in [0.717, 1.165) is 12.5 Å². The highest BCUT2D eigenvalue weighted by molar-refractivity contribution is 5.18. The van der Waals surface area contributed by atoms with Crippen molar-refractivity contribution in [2.45, 2.75) is 46.1 Å². The zero-order valence-corrected chi connectivity index (χ0v) is 10.6. The van der Waals surface area contributed by atoms with Crippen LogP contribution in [0, 0.1) is 17.0 Å². The van der Waals surface area contributed by atoms with Gasteiger partial charge in [-0.2, -0.15) is 0 Å². The molecule has 1 aromatic rings. The van der Waals surface area contributed by atoms with Crippen LogP contribution in [0.5, 0.6) is 0 Å². The Hall–Kier alpha value is -0.960. The second-order valence-corrected chi connectivity index (χ2v) is 5.73. The van der Waals surface area contributed by atoms with Crippen LogP contribution in [0.25, 0.3) is 0 Å². The van der Waals surface area contributed by atoms with Gasteiger partial charge in [-0.15, -0.1) is 0 Å². The number of hydrogen-bond donors (Lipinski definition) is 1. The molecule has 0 aliphatic heterocycles. The SMILES string of the molecule is CC(C)(C)CCC(O)Cc1cc(F)cc(F)c1. The molecule has 0 bridgehead atoms. The Morgan fingerprint density at radius 2 is 1.65 bits per heavy atom. The van der Waals surface area contributed by atoms with E-state index in [-0.39, 0.29) is 5.41 Å². The Kier molecular flexibility index (Phi) is 4.63. The van der Waals surface area contributed by atoms with Gasteiger partial charge in [0.1, 0.15) is 11.6 Å². The van der Waals surface area contributed by atoms with Crippen LogP contribution in [-0.2, 0) is 6.42 Å². The molecule has 1 rings (SSSR count). The lowest BCUT2D eigenvalue weighted by molar-refractivity contribution is 0.145. The summed E-state index contributed by atoms with van der Waals surface area (Å²) in [6.45, 7) is 6.30. The molecule has 0 heterocycles. The van der Waals surface area contributed by atoms with E-state index < -0.39 is 17.7 Å². The Balaban J connectivity index is 2.53. The van der Waals surface area contributed by atoms with Crippen molar-refractivity contribution in [1.29, 1.82) is 0 Å². The molecule has 1 aromatic carbocycles. The molecule has 1 unspecified atom stereocenters. The minimum atomic E-state index is -0.594. The summed E-state index contributed by atoms with van der Waals surface area (Å²) >= 11 is 0. The average Bonchev–Trinajstić information content (AvgIpc) is 2.11. The zero-order chi connectivity index (χ0) is 13.1. The molecule has 1 nitrogen and oxygen atoms in total. The predicted octanol–water partition coefficient (Wildman–Crippen LogP) is 3.69. The van der Waals surface area contributed by atoms with Gasteiger partial charge < -0.3 is 5.11 Å². The summed E-state index contributed by atoms with van der Waals surface area (Å²) in [6.07, 6.45) is 1.27. The Labute approximate surface area is 101 Å². The van der Waals surface area contributed by atoms with Crippen molar-refractivity contribution >= 4 is 0 Å². The Morgan fingerprint density at radius 1 is 1.12 bits per heavy atom. The number of benzene rings is 1. The quantitative estimate of drug-likeness (QED) is 0.853. The molecule has 0 aromatic heterocycles. The number of aliphatic hydroxyl groups is 1. The molecular formula is C14H20F2O. The van der Waals surface area contributed by atoms with Gasteiger partial charge in [-0.05, 0) is 42.4 Å². The fraction of sp³-hybridized carbons (Fsp3) is 0.571. The molecule has 0 spiro atoms. The molecule has 0 fully saturated rings. The molecule has 1 atom stereocenters. The summed E-state index contributed by atoms with van der Waals surface area (Å²) in [5, 5.41) is 9.80. The van der Waals surface area contributed by atoms with E-state index in [4.69, 9.17) is 0 Å². The van der Waals surface area contributed by atoms with Crippen molar-refractivity contribution in [3.63, 3.8) is 0 Å². The summed E-state index contributed by atoms with van der Waals surface area (Å²) in [5.74, 6) is -1.19. The van der Waals surface area contributed by atoms with Gasteiger partial charge in [0.25, 0.3) is 0 Å². The molecule has 17 heavy (non-hydrogen) atoms. The van der Waals surface area contributed by atoms with Gasteiger partial charge in [-0.3, -0.25) is 0 Å². The van der Waals surface area contributed by atoms with Crippen molar-refractivity contribution in [2.75, 3.05) is 0 Å².